The van der Waals surface area contributed by atoms with Crippen molar-refractivity contribution in [2.24, 2.45) is 4.99 Å². The minimum atomic E-state index is -4.69. The highest BCUT2D eigenvalue weighted by molar-refractivity contribution is 7.78. The summed E-state index contributed by atoms with van der Waals surface area (Å²) in [6.07, 6.45) is -4.56. The lowest BCUT2D eigenvalue weighted by atomic mass is 9.97. The van der Waals surface area contributed by atoms with Crippen LogP contribution < -0.4 is 0 Å². The van der Waals surface area contributed by atoms with Crippen LogP contribution in [0, 0.1) is 0 Å². The first kappa shape index (κ1) is 22.1. The average Bonchev–Trinajstić information content (AvgIpc) is 2.62. The molecule has 28 heavy (non-hydrogen) atoms. The van der Waals surface area contributed by atoms with Crippen LogP contribution in [0.3, 0.4) is 0 Å². The number of esters is 1. The number of nitrogens with zero attached hydrogens (tertiary/aromatic N) is 2. The van der Waals surface area contributed by atoms with Crippen molar-refractivity contribution >= 4 is 40.9 Å². The van der Waals surface area contributed by atoms with E-state index in [0.717, 1.165) is 6.07 Å². The van der Waals surface area contributed by atoms with Gasteiger partial charge >= 0.3 is 12.1 Å². The molecule has 5 nitrogen and oxygen atoms in total. The zero-order valence-corrected chi connectivity index (χ0v) is 16.5. The van der Waals surface area contributed by atoms with Gasteiger partial charge in [-0.1, -0.05) is 11.6 Å². The van der Waals surface area contributed by atoms with E-state index in [0.29, 0.717) is 6.07 Å². The number of carbonyl (C=O) groups excluding carboxylic acids is 2. The fraction of sp³-hybridized carbons (Fsp3) is 0.389. The third-order valence-corrected chi connectivity index (χ3v) is 4.60. The van der Waals surface area contributed by atoms with Gasteiger partial charge in [0, 0.05) is 18.0 Å². The molecule has 0 aliphatic carbocycles. The number of hydrogen-bond donors (Lipinski definition) is 0. The van der Waals surface area contributed by atoms with Crippen molar-refractivity contribution in [3.63, 3.8) is 0 Å². The molecule has 0 radical (unpaired) electrons. The van der Waals surface area contributed by atoms with Crippen LogP contribution in [0.25, 0.3) is 0 Å². The zero-order chi connectivity index (χ0) is 21.1. The van der Waals surface area contributed by atoms with Gasteiger partial charge in [-0.15, -0.1) is 0 Å². The molecule has 1 heterocycles. The number of amides is 1. The van der Waals surface area contributed by atoms with Crippen LogP contribution in [-0.4, -0.2) is 41.1 Å². The molecule has 0 fully saturated rings. The van der Waals surface area contributed by atoms with Crippen molar-refractivity contribution in [3.05, 3.63) is 45.6 Å². The summed E-state index contributed by atoms with van der Waals surface area (Å²) in [7, 11) is 0. The minimum Gasteiger partial charge on any atom is -0.463 e. The monoisotopic (exact) mass is 432 g/mol. The lowest BCUT2D eigenvalue weighted by Crippen LogP contribution is -2.44. The third-order valence-electron chi connectivity index (χ3n) is 4.18. The van der Waals surface area contributed by atoms with Crippen molar-refractivity contribution in [2.45, 2.75) is 32.5 Å². The van der Waals surface area contributed by atoms with E-state index >= 15 is 0 Å². The van der Waals surface area contributed by atoms with Crippen LogP contribution in [0.15, 0.2) is 34.5 Å². The summed E-state index contributed by atoms with van der Waals surface area (Å²) in [4.78, 5) is 30.1. The standard InChI is InChI=1S/C18H16ClF3N2O3S/c1-3-27-17(26)12-6-10(2)24(8-15(12)23-9-28)16(25)11-4-5-14(19)13(7-11)18(20,21)22/h4-5,7,10H,3,6,8H2,1-2H3/t10-/m1/s1. The van der Waals surface area contributed by atoms with Crippen molar-refractivity contribution in [1.29, 1.82) is 0 Å². The van der Waals surface area contributed by atoms with Crippen LogP contribution >= 0.6 is 23.8 Å². The molecule has 0 N–H and O–H groups in total. The molecule has 0 spiro atoms. The molecule has 10 heteroatoms. The Morgan fingerprint density at radius 1 is 1.43 bits per heavy atom. The van der Waals surface area contributed by atoms with Crippen LogP contribution in [0.1, 0.15) is 36.2 Å². The van der Waals surface area contributed by atoms with Gasteiger partial charge < -0.3 is 9.64 Å². The van der Waals surface area contributed by atoms with Gasteiger partial charge in [0.2, 0.25) is 0 Å². The van der Waals surface area contributed by atoms with Crippen molar-refractivity contribution in [3.8, 4) is 0 Å². The maximum Gasteiger partial charge on any atom is 0.417 e. The summed E-state index contributed by atoms with van der Waals surface area (Å²) in [5, 5.41) is 1.66. The van der Waals surface area contributed by atoms with E-state index in [4.69, 9.17) is 16.3 Å². The minimum absolute atomic E-state index is 0.109. The van der Waals surface area contributed by atoms with Crippen molar-refractivity contribution in [2.75, 3.05) is 13.2 Å². The summed E-state index contributed by atoms with van der Waals surface area (Å²) in [6, 6.07) is 2.49. The van der Waals surface area contributed by atoms with Crippen LogP contribution in [0.5, 0.6) is 0 Å². The number of rotatable bonds is 4. The zero-order valence-electron chi connectivity index (χ0n) is 15.0. The van der Waals surface area contributed by atoms with Gasteiger partial charge in [0.25, 0.3) is 5.91 Å². The first-order chi connectivity index (χ1) is 13.1. The first-order valence-corrected chi connectivity index (χ1v) is 9.03. The lowest BCUT2D eigenvalue weighted by molar-refractivity contribution is -0.139. The Morgan fingerprint density at radius 3 is 2.68 bits per heavy atom. The number of hydrogen-bond acceptors (Lipinski definition) is 5. The molecule has 0 bridgehead atoms. The Balaban J connectivity index is 2.40. The summed E-state index contributed by atoms with van der Waals surface area (Å²) >= 11 is 10.2. The largest absolute Gasteiger partial charge is 0.463 e. The van der Waals surface area contributed by atoms with Gasteiger partial charge in [0.05, 0.1) is 40.2 Å². The Labute approximate surface area is 169 Å². The molecular weight excluding hydrogens is 417 g/mol. The van der Waals surface area contributed by atoms with E-state index < -0.39 is 34.7 Å². The molecule has 2 rings (SSSR count). The van der Waals surface area contributed by atoms with Gasteiger partial charge in [0.15, 0.2) is 0 Å². The summed E-state index contributed by atoms with van der Waals surface area (Å²) in [5.74, 6) is -1.22. The number of thiocarbonyl (C=S) groups is 1. The van der Waals surface area contributed by atoms with E-state index in [1.807, 2.05) is 0 Å². The molecule has 0 unspecified atom stereocenters. The van der Waals surface area contributed by atoms with E-state index in [1.165, 1.54) is 11.0 Å². The molecule has 0 saturated carbocycles. The van der Waals surface area contributed by atoms with E-state index in [9.17, 15) is 22.8 Å². The molecule has 1 aromatic carbocycles. The van der Waals surface area contributed by atoms with Gasteiger partial charge in [-0.05, 0) is 44.3 Å². The number of halogens is 4. The highest BCUT2D eigenvalue weighted by Crippen LogP contribution is 2.36. The SMILES string of the molecule is CCOC(=O)C1=C(N=C=S)CN(C(=O)c2ccc(Cl)c(C(F)(F)F)c2)[C@H](C)C1. The highest BCUT2D eigenvalue weighted by Gasteiger charge is 2.36. The number of benzene rings is 1. The van der Waals surface area contributed by atoms with Crippen LogP contribution in [-0.2, 0) is 15.7 Å². The summed E-state index contributed by atoms with van der Waals surface area (Å²) in [5.41, 5.74) is -0.800. The highest BCUT2D eigenvalue weighted by atomic mass is 35.5. The number of alkyl halides is 3. The van der Waals surface area contributed by atoms with Gasteiger partial charge in [0.1, 0.15) is 0 Å². The Hall–Kier alpha value is -2.22. The van der Waals surface area contributed by atoms with Crippen molar-refractivity contribution < 1.29 is 27.5 Å². The molecule has 0 aromatic heterocycles. The third kappa shape index (κ3) is 4.79. The summed E-state index contributed by atoms with van der Waals surface area (Å²) < 4.78 is 44.2. The van der Waals surface area contributed by atoms with Crippen LogP contribution in [0.2, 0.25) is 5.02 Å². The molecule has 0 saturated heterocycles. The second-order valence-corrected chi connectivity index (χ2v) is 6.62. The molecule has 150 valence electrons. The van der Waals surface area contributed by atoms with E-state index in [-0.39, 0.29) is 36.4 Å². The predicted molar refractivity (Wildman–Crippen MR) is 100 cm³/mol. The van der Waals surface area contributed by atoms with Gasteiger partial charge in [-0.25, -0.2) is 4.79 Å². The maximum absolute atomic E-state index is 13.1. The number of ether oxygens (including phenoxy) is 1. The first-order valence-electron chi connectivity index (χ1n) is 8.24. The Bertz CT molecular complexity index is 879. The number of carbonyl (C=O) groups is 2. The van der Waals surface area contributed by atoms with Gasteiger partial charge in [-0.3, -0.25) is 4.79 Å². The van der Waals surface area contributed by atoms with Gasteiger partial charge in [-0.2, -0.15) is 18.2 Å². The Morgan fingerprint density at radius 2 is 2.11 bits per heavy atom. The smallest absolute Gasteiger partial charge is 0.417 e. The summed E-state index contributed by atoms with van der Waals surface area (Å²) in [6.45, 7) is 3.39. The number of isothiocyanates is 1. The maximum atomic E-state index is 13.1. The van der Waals surface area contributed by atoms with Crippen molar-refractivity contribution in [1.82, 2.24) is 4.90 Å². The molecule has 1 aliphatic heterocycles. The molecule has 1 atom stereocenters. The van der Waals surface area contributed by atoms with E-state index in [1.54, 1.807) is 13.8 Å². The fourth-order valence-electron chi connectivity index (χ4n) is 2.83. The lowest BCUT2D eigenvalue weighted by Gasteiger charge is -2.34. The quantitative estimate of drug-likeness (QED) is 0.399. The van der Waals surface area contributed by atoms with E-state index in [2.05, 4.69) is 22.4 Å². The molecule has 1 amide bonds. The topological polar surface area (TPSA) is 59.0 Å². The Kier molecular flexibility index (Phi) is 6.98. The predicted octanol–water partition coefficient (Wildman–Crippen LogP) is 4.51. The normalized spacial score (nSPS) is 17.2. The number of aliphatic imine (C=N–C) groups is 1. The molecule has 1 aromatic rings. The molecule has 1 aliphatic rings. The van der Waals surface area contributed by atoms with Crippen LogP contribution in [0.4, 0.5) is 13.2 Å². The average molecular weight is 433 g/mol. The fourth-order valence-corrected chi connectivity index (χ4v) is 3.16. The second-order valence-electron chi connectivity index (χ2n) is 6.03. The second kappa shape index (κ2) is 8.86. The molecular formula is C18H16ClF3N2O3S.